The Hall–Kier alpha value is -4.90. The van der Waals surface area contributed by atoms with Gasteiger partial charge in [0.05, 0.1) is 10.6 Å². The van der Waals surface area contributed by atoms with Crippen molar-refractivity contribution in [3.8, 4) is 11.5 Å². The molecule has 0 saturated heterocycles. The van der Waals surface area contributed by atoms with E-state index in [1.54, 1.807) is 0 Å². The maximum Gasteiger partial charge on any atom is 0.264 e. The number of halogens is 1. The maximum atomic E-state index is 14.3. The third-order valence-corrected chi connectivity index (χ3v) is 8.98. The van der Waals surface area contributed by atoms with Gasteiger partial charge in [-0.1, -0.05) is 60.7 Å². The number of likely N-dealkylation sites (N-methyl/N-ethyl adjacent to an activating group) is 1. The Labute approximate surface area is 255 Å². The van der Waals surface area contributed by atoms with E-state index in [-0.39, 0.29) is 35.9 Å². The Morgan fingerprint density at radius 2 is 1.45 bits per heavy atom. The van der Waals surface area contributed by atoms with Gasteiger partial charge in [-0.2, -0.15) is 0 Å². The van der Waals surface area contributed by atoms with Crippen LogP contribution in [0.4, 0.5) is 10.1 Å². The molecule has 0 aromatic heterocycles. The number of nitrogens with zero attached hydrogens (tertiary/aromatic N) is 2. The third-order valence-electron chi connectivity index (χ3n) is 7.21. The summed E-state index contributed by atoms with van der Waals surface area (Å²) in [6.45, 7) is -0.0150. The van der Waals surface area contributed by atoms with Crippen molar-refractivity contribution >= 4 is 27.5 Å². The van der Waals surface area contributed by atoms with E-state index in [4.69, 9.17) is 9.47 Å². The van der Waals surface area contributed by atoms with Gasteiger partial charge in [-0.15, -0.1) is 0 Å². The summed E-state index contributed by atoms with van der Waals surface area (Å²) in [6, 6.07) is 26.5. The summed E-state index contributed by atoms with van der Waals surface area (Å²) in [5.41, 5.74) is 1.66. The van der Waals surface area contributed by atoms with Crippen molar-refractivity contribution < 1.29 is 31.9 Å². The van der Waals surface area contributed by atoms with E-state index in [0.717, 1.165) is 27.6 Å². The van der Waals surface area contributed by atoms with Gasteiger partial charge in [-0.05, 0) is 47.5 Å². The Balaban J connectivity index is 1.55. The molecule has 0 aliphatic carbocycles. The standard InChI is InChI=1S/C33H32FN3O6S/c1-35-33(39)29(20-24-8-4-2-5-9-24)36(22-25-10-6-3-7-11-25)32(38)23-37(27-14-12-26(34)13-15-27)44(40,41)28-16-17-30-31(21-28)43-19-18-42-30/h2-17,21,29H,18-20,22-23H2,1H3,(H,35,39)/t29-/m0/s1. The Morgan fingerprint density at radius 3 is 2.09 bits per heavy atom. The summed E-state index contributed by atoms with van der Waals surface area (Å²) < 4.78 is 54.3. The lowest BCUT2D eigenvalue weighted by Gasteiger charge is -2.33. The molecule has 44 heavy (non-hydrogen) atoms. The van der Waals surface area contributed by atoms with Crippen LogP contribution in [-0.4, -0.2) is 58.0 Å². The molecule has 5 rings (SSSR count). The van der Waals surface area contributed by atoms with E-state index < -0.39 is 40.2 Å². The molecular formula is C33H32FN3O6S. The molecule has 4 aromatic rings. The lowest BCUT2D eigenvalue weighted by atomic mass is 10.0. The minimum absolute atomic E-state index is 0.0475. The highest BCUT2D eigenvalue weighted by molar-refractivity contribution is 7.92. The number of carbonyl (C=O) groups is 2. The highest BCUT2D eigenvalue weighted by Gasteiger charge is 2.35. The first-order chi connectivity index (χ1) is 21.3. The second kappa shape index (κ2) is 13.6. The first kappa shape index (κ1) is 30.6. The number of ether oxygens (including phenoxy) is 2. The molecule has 2 amide bonds. The van der Waals surface area contributed by atoms with E-state index in [1.807, 2.05) is 60.7 Å². The Morgan fingerprint density at radius 1 is 0.841 bits per heavy atom. The first-order valence-electron chi connectivity index (χ1n) is 14.0. The van der Waals surface area contributed by atoms with Crippen molar-refractivity contribution in [1.29, 1.82) is 0 Å². The fraction of sp³-hybridized carbons (Fsp3) is 0.212. The molecule has 0 unspecified atom stereocenters. The summed E-state index contributed by atoms with van der Waals surface area (Å²) in [5, 5.41) is 2.65. The maximum absolute atomic E-state index is 14.3. The number of amides is 2. The number of sulfonamides is 1. The molecule has 1 aliphatic heterocycles. The van der Waals surface area contributed by atoms with Crippen LogP contribution in [0.3, 0.4) is 0 Å². The van der Waals surface area contributed by atoms with E-state index in [0.29, 0.717) is 12.4 Å². The third kappa shape index (κ3) is 7.00. The first-order valence-corrected chi connectivity index (χ1v) is 15.5. The van der Waals surface area contributed by atoms with Crippen LogP contribution in [0.2, 0.25) is 0 Å². The Kier molecular flexibility index (Phi) is 9.44. The predicted molar refractivity (Wildman–Crippen MR) is 163 cm³/mol. The minimum Gasteiger partial charge on any atom is -0.486 e. The largest absolute Gasteiger partial charge is 0.486 e. The molecule has 11 heteroatoms. The minimum atomic E-state index is -4.39. The monoisotopic (exact) mass is 617 g/mol. The van der Waals surface area contributed by atoms with Gasteiger partial charge in [-0.3, -0.25) is 13.9 Å². The normalized spacial score (nSPS) is 13.0. The highest BCUT2D eigenvalue weighted by Crippen LogP contribution is 2.34. The number of nitrogens with one attached hydrogen (secondary N) is 1. The smallest absolute Gasteiger partial charge is 0.264 e. The van der Waals surface area contributed by atoms with Crippen LogP contribution in [0, 0.1) is 5.82 Å². The number of benzene rings is 4. The van der Waals surface area contributed by atoms with Crippen LogP contribution in [0.5, 0.6) is 11.5 Å². The van der Waals surface area contributed by atoms with Crippen LogP contribution in [0.1, 0.15) is 11.1 Å². The molecule has 1 heterocycles. The zero-order valence-electron chi connectivity index (χ0n) is 24.1. The van der Waals surface area contributed by atoms with E-state index in [9.17, 15) is 22.4 Å². The fourth-order valence-corrected chi connectivity index (χ4v) is 6.38. The van der Waals surface area contributed by atoms with Gasteiger partial charge >= 0.3 is 0 Å². The lowest BCUT2D eigenvalue weighted by Crippen LogP contribution is -2.53. The molecule has 1 aliphatic rings. The van der Waals surface area contributed by atoms with E-state index in [2.05, 4.69) is 5.32 Å². The number of anilines is 1. The van der Waals surface area contributed by atoms with Gasteiger partial charge in [0.1, 0.15) is 31.6 Å². The van der Waals surface area contributed by atoms with Gasteiger partial charge < -0.3 is 19.7 Å². The average molecular weight is 618 g/mol. The quantitative estimate of drug-likeness (QED) is 0.271. The number of carbonyl (C=O) groups excluding carboxylic acids is 2. The number of rotatable bonds is 11. The highest BCUT2D eigenvalue weighted by atomic mass is 32.2. The van der Waals surface area contributed by atoms with Crippen molar-refractivity contribution in [3.05, 3.63) is 120 Å². The van der Waals surface area contributed by atoms with Gasteiger partial charge in [0.25, 0.3) is 10.0 Å². The molecule has 0 radical (unpaired) electrons. The molecule has 0 spiro atoms. The van der Waals surface area contributed by atoms with Crippen molar-refractivity contribution in [2.75, 3.05) is 31.1 Å². The summed E-state index contributed by atoms with van der Waals surface area (Å²) >= 11 is 0. The second-order valence-corrected chi connectivity index (χ2v) is 12.0. The SMILES string of the molecule is CNC(=O)[C@H](Cc1ccccc1)N(Cc1ccccc1)C(=O)CN(c1ccc(F)cc1)S(=O)(=O)c1ccc2c(c1)OCCO2. The average Bonchev–Trinajstić information content (AvgIpc) is 3.06. The van der Waals surface area contributed by atoms with Gasteiger partial charge in [0.15, 0.2) is 11.5 Å². The molecule has 9 nitrogen and oxygen atoms in total. The number of hydrogen-bond acceptors (Lipinski definition) is 6. The van der Waals surface area contributed by atoms with Crippen molar-refractivity contribution in [3.63, 3.8) is 0 Å². The summed E-state index contributed by atoms with van der Waals surface area (Å²) in [6.07, 6.45) is 0.199. The summed E-state index contributed by atoms with van der Waals surface area (Å²) in [4.78, 5) is 28.8. The second-order valence-electron chi connectivity index (χ2n) is 10.1. The van der Waals surface area contributed by atoms with Crippen LogP contribution >= 0.6 is 0 Å². The lowest BCUT2D eigenvalue weighted by molar-refractivity contribution is -0.139. The summed E-state index contributed by atoms with van der Waals surface area (Å²) in [5.74, 6) is -0.922. The molecule has 0 fully saturated rings. The van der Waals surface area contributed by atoms with E-state index in [1.165, 1.54) is 42.3 Å². The molecule has 4 aromatic carbocycles. The van der Waals surface area contributed by atoms with Crippen molar-refractivity contribution in [1.82, 2.24) is 10.2 Å². The molecule has 0 saturated carbocycles. The Bertz CT molecular complexity index is 1700. The number of fused-ring (bicyclic) bond motifs is 1. The van der Waals surface area contributed by atoms with Crippen LogP contribution in [-0.2, 0) is 32.6 Å². The predicted octanol–water partition coefficient (Wildman–Crippen LogP) is 4.18. The van der Waals surface area contributed by atoms with Crippen molar-refractivity contribution in [2.45, 2.75) is 23.9 Å². The van der Waals surface area contributed by atoms with Crippen LogP contribution in [0.25, 0.3) is 0 Å². The van der Waals surface area contributed by atoms with Gasteiger partial charge in [-0.25, -0.2) is 12.8 Å². The molecular weight excluding hydrogens is 585 g/mol. The van der Waals surface area contributed by atoms with Gasteiger partial charge in [0, 0.05) is 26.1 Å². The topological polar surface area (TPSA) is 105 Å². The zero-order valence-corrected chi connectivity index (χ0v) is 24.9. The van der Waals surface area contributed by atoms with Crippen LogP contribution < -0.4 is 19.1 Å². The fourth-order valence-electron chi connectivity index (χ4n) is 4.95. The number of hydrogen-bond donors (Lipinski definition) is 1. The molecule has 228 valence electrons. The molecule has 1 atom stereocenters. The van der Waals surface area contributed by atoms with Gasteiger partial charge in [0.2, 0.25) is 11.8 Å². The molecule has 0 bridgehead atoms. The zero-order chi connectivity index (χ0) is 31.1. The van der Waals surface area contributed by atoms with Crippen LogP contribution in [0.15, 0.2) is 108 Å². The van der Waals surface area contributed by atoms with Crippen molar-refractivity contribution in [2.24, 2.45) is 0 Å². The molecule has 1 N–H and O–H groups in total. The van der Waals surface area contributed by atoms with E-state index >= 15 is 0 Å². The summed E-state index contributed by atoms with van der Waals surface area (Å²) in [7, 11) is -2.90.